The number of piperazine rings is 1. The van der Waals surface area contributed by atoms with E-state index in [9.17, 15) is 14.0 Å². The zero-order valence-corrected chi connectivity index (χ0v) is 16.9. The standard InChI is InChI=1S/C23H25FN2O4/c1-3-22(27)26-12-10-25(11-13-26)15-21(18-5-4-16(2)20(24)14-18)30-19-8-6-17(7-9-19)23(28)29/h3-9,14,21H,1,10-13,15H2,2H3,(H,28,29). The number of carboxylic acids is 1. The van der Waals surface area contributed by atoms with Crippen LogP contribution in [-0.4, -0.2) is 59.5 Å². The summed E-state index contributed by atoms with van der Waals surface area (Å²) in [5, 5.41) is 9.06. The molecule has 30 heavy (non-hydrogen) atoms. The van der Waals surface area contributed by atoms with Crippen LogP contribution < -0.4 is 4.74 Å². The van der Waals surface area contributed by atoms with E-state index in [0.717, 1.165) is 0 Å². The Kier molecular flexibility index (Phi) is 6.84. The minimum Gasteiger partial charge on any atom is -0.484 e. The Morgan fingerprint density at radius 2 is 1.83 bits per heavy atom. The molecule has 1 fully saturated rings. The fourth-order valence-electron chi connectivity index (χ4n) is 3.37. The van der Waals surface area contributed by atoms with E-state index >= 15 is 0 Å². The van der Waals surface area contributed by atoms with Crippen LogP contribution >= 0.6 is 0 Å². The minimum absolute atomic E-state index is 0.0819. The molecular formula is C23H25FN2O4. The van der Waals surface area contributed by atoms with Crippen molar-refractivity contribution in [3.05, 3.63) is 77.6 Å². The van der Waals surface area contributed by atoms with Crippen molar-refractivity contribution in [1.82, 2.24) is 9.80 Å². The molecule has 158 valence electrons. The zero-order valence-electron chi connectivity index (χ0n) is 16.9. The summed E-state index contributed by atoms with van der Waals surface area (Å²) in [6, 6.07) is 11.2. The Balaban J connectivity index is 1.76. The first-order chi connectivity index (χ1) is 14.4. The van der Waals surface area contributed by atoms with Gasteiger partial charge < -0.3 is 14.7 Å². The molecule has 0 radical (unpaired) electrons. The maximum Gasteiger partial charge on any atom is 0.335 e. The van der Waals surface area contributed by atoms with E-state index < -0.39 is 12.1 Å². The van der Waals surface area contributed by atoms with Gasteiger partial charge in [-0.1, -0.05) is 18.7 Å². The lowest BCUT2D eigenvalue weighted by Crippen LogP contribution is -2.49. The van der Waals surface area contributed by atoms with Crippen molar-refractivity contribution in [3.8, 4) is 5.75 Å². The maximum atomic E-state index is 14.2. The van der Waals surface area contributed by atoms with Crippen LogP contribution in [0.4, 0.5) is 4.39 Å². The number of nitrogens with zero attached hydrogens (tertiary/aromatic N) is 2. The van der Waals surface area contributed by atoms with E-state index in [0.29, 0.717) is 49.6 Å². The van der Waals surface area contributed by atoms with Crippen LogP contribution in [0.15, 0.2) is 55.1 Å². The van der Waals surface area contributed by atoms with E-state index in [2.05, 4.69) is 11.5 Å². The molecule has 1 aliphatic heterocycles. The number of aromatic carboxylic acids is 1. The van der Waals surface area contributed by atoms with Crippen molar-refractivity contribution >= 4 is 11.9 Å². The maximum absolute atomic E-state index is 14.2. The van der Waals surface area contributed by atoms with Crippen LogP contribution in [0.25, 0.3) is 0 Å². The summed E-state index contributed by atoms with van der Waals surface area (Å²) in [6.07, 6.45) is 0.870. The Hall–Kier alpha value is -3.19. The van der Waals surface area contributed by atoms with Crippen molar-refractivity contribution in [1.29, 1.82) is 0 Å². The van der Waals surface area contributed by atoms with Gasteiger partial charge in [0.2, 0.25) is 5.91 Å². The number of rotatable bonds is 7. The summed E-state index contributed by atoms with van der Waals surface area (Å²) in [4.78, 5) is 26.8. The highest BCUT2D eigenvalue weighted by molar-refractivity contribution is 5.87. The molecule has 1 atom stereocenters. The van der Waals surface area contributed by atoms with Crippen LogP contribution in [0.5, 0.6) is 5.75 Å². The van der Waals surface area contributed by atoms with Crippen molar-refractivity contribution in [2.75, 3.05) is 32.7 Å². The summed E-state index contributed by atoms with van der Waals surface area (Å²) >= 11 is 0. The Morgan fingerprint density at radius 3 is 2.40 bits per heavy atom. The highest BCUT2D eigenvalue weighted by atomic mass is 19.1. The molecule has 0 saturated carbocycles. The van der Waals surface area contributed by atoms with Gasteiger partial charge in [-0.05, 0) is 54.5 Å². The number of carboxylic acid groups (broad SMARTS) is 1. The molecule has 3 rings (SSSR count). The van der Waals surface area contributed by atoms with E-state index in [-0.39, 0.29) is 17.3 Å². The minimum atomic E-state index is -1.01. The molecule has 1 unspecified atom stereocenters. The number of carbonyl (C=O) groups excluding carboxylic acids is 1. The molecule has 2 aromatic carbocycles. The van der Waals surface area contributed by atoms with Gasteiger partial charge in [0.05, 0.1) is 5.56 Å². The fraction of sp³-hybridized carbons (Fsp3) is 0.304. The van der Waals surface area contributed by atoms with Crippen molar-refractivity contribution < 1.29 is 23.8 Å². The lowest BCUT2D eigenvalue weighted by Gasteiger charge is -2.36. The molecule has 1 amide bonds. The average Bonchev–Trinajstić information content (AvgIpc) is 2.75. The van der Waals surface area contributed by atoms with Crippen LogP contribution in [0.3, 0.4) is 0 Å². The van der Waals surface area contributed by atoms with Crippen LogP contribution in [-0.2, 0) is 4.79 Å². The molecule has 1 N–H and O–H groups in total. The molecule has 1 aliphatic rings. The number of amides is 1. The SMILES string of the molecule is C=CC(=O)N1CCN(CC(Oc2ccc(C(=O)O)cc2)c2ccc(C)c(F)c2)CC1. The van der Waals surface area contributed by atoms with Crippen molar-refractivity contribution in [3.63, 3.8) is 0 Å². The number of hydrogen-bond acceptors (Lipinski definition) is 4. The molecular weight excluding hydrogens is 387 g/mol. The van der Waals surface area contributed by atoms with Crippen molar-refractivity contribution in [2.45, 2.75) is 13.0 Å². The second kappa shape index (κ2) is 9.54. The smallest absolute Gasteiger partial charge is 0.335 e. The van der Waals surface area contributed by atoms with E-state index in [1.807, 2.05) is 6.07 Å². The van der Waals surface area contributed by atoms with Gasteiger partial charge in [-0.25, -0.2) is 9.18 Å². The Labute approximate surface area is 175 Å². The van der Waals surface area contributed by atoms with Gasteiger partial charge in [0.25, 0.3) is 0 Å². The largest absolute Gasteiger partial charge is 0.484 e. The monoisotopic (exact) mass is 412 g/mol. The molecule has 1 saturated heterocycles. The van der Waals surface area contributed by atoms with Gasteiger partial charge in [-0.2, -0.15) is 0 Å². The van der Waals surface area contributed by atoms with E-state index in [1.165, 1.54) is 24.3 Å². The second-order valence-corrected chi connectivity index (χ2v) is 7.27. The first kappa shape index (κ1) is 21.5. The second-order valence-electron chi connectivity index (χ2n) is 7.27. The highest BCUT2D eigenvalue weighted by Crippen LogP contribution is 2.25. The van der Waals surface area contributed by atoms with Gasteiger partial charge in [0, 0.05) is 32.7 Å². The predicted molar refractivity (Wildman–Crippen MR) is 111 cm³/mol. The summed E-state index contributed by atoms with van der Waals surface area (Å²) in [6.45, 7) is 8.27. The van der Waals surface area contributed by atoms with E-state index in [1.54, 1.807) is 30.0 Å². The Bertz CT molecular complexity index is 921. The summed E-state index contributed by atoms with van der Waals surface area (Å²) < 4.78 is 20.3. The first-order valence-corrected chi connectivity index (χ1v) is 9.77. The third-order valence-electron chi connectivity index (χ3n) is 5.23. The molecule has 0 spiro atoms. The normalized spacial score (nSPS) is 15.5. The van der Waals surface area contributed by atoms with E-state index in [4.69, 9.17) is 9.84 Å². The number of carbonyl (C=O) groups is 2. The quantitative estimate of drug-likeness (QED) is 0.707. The predicted octanol–water partition coefficient (Wildman–Crippen LogP) is 3.28. The zero-order chi connectivity index (χ0) is 21.7. The van der Waals surface area contributed by atoms with Gasteiger partial charge in [0.1, 0.15) is 17.7 Å². The summed E-state index contributed by atoms with van der Waals surface area (Å²) in [7, 11) is 0. The van der Waals surface area contributed by atoms with Gasteiger partial charge in [-0.3, -0.25) is 9.69 Å². The van der Waals surface area contributed by atoms with Crippen LogP contribution in [0.2, 0.25) is 0 Å². The summed E-state index contributed by atoms with van der Waals surface area (Å²) in [5.74, 6) is -0.887. The number of hydrogen-bond donors (Lipinski definition) is 1. The lowest BCUT2D eigenvalue weighted by molar-refractivity contribution is -0.127. The van der Waals surface area contributed by atoms with Gasteiger partial charge >= 0.3 is 5.97 Å². The van der Waals surface area contributed by atoms with Crippen LogP contribution in [0, 0.1) is 12.7 Å². The number of ether oxygens (including phenoxy) is 1. The lowest BCUT2D eigenvalue weighted by atomic mass is 10.1. The third kappa shape index (κ3) is 5.24. The molecule has 0 aliphatic carbocycles. The summed E-state index contributed by atoms with van der Waals surface area (Å²) in [5.41, 5.74) is 1.42. The fourth-order valence-corrected chi connectivity index (χ4v) is 3.37. The highest BCUT2D eigenvalue weighted by Gasteiger charge is 2.24. The third-order valence-corrected chi connectivity index (χ3v) is 5.23. The number of benzene rings is 2. The topological polar surface area (TPSA) is 70.1 Å². The number of halogens is 1. The average molecular weight is 412 g/mol. The van der Waals surface area contributed by atoms with Crippen molar-refractivity contribution in [2.24, 2.45) is 0 Å². The van der Waals surface area contributed by atoms with Crippen LogP contribution in [0.1, 0.15) is 27.6 Å². The Morgan fingerprint density at radius 1 is 1.17 bits per heavy atom. The number of aryl methyl sites for hydroxylation is 1. The van der Waals surface area contributed by atoms with Gasteiger partial charge in [0.15, 0.2) is 0 Å². The first-order valence-electron chi connectivity index (χ1n) is 9.77. The molecule has 6 nitrogen and oxygen atoms in total. The molecule has 0 bridgehead atoms. The molecule has 1 heterocycles. The molecule has 2 aromatic rings. The molecule has 7 heteroatoms. The molecule has 0 aromatic heterocycles. The van der Waals surface area contributed by atoms with Gasteiger partial charge in [-0.15, -0.1) is 0 Å².